The zero-order valence-electron chi connectivity index (χ0n) is 17.7. The number of aryl methyl sites for hydroxylation is 1. The SMILES string of the molecule is Cn1cc(C(=O)NCc2ccc(F)cc2)c(=O)c2cc(C=NC[C@@H](O)c3ccccn3)sc21. The summed E-state index contributed by atoms with van der Waals surface area (Å²) < 4.78 is 14.8. The molecule has 33 heavy (non-hydrogen) atoms. The number of nitrogens with zero attached hydrogens (tertiary/aromatic N) is 3. The van der Waals surface area contributed by atoms with Crippen LogP contribution in [0.25, 0.3) is 10.2 Å². The predicted molar refractivity (Wildman–Crippen MR) is 126 cm³/mol. The zero-order chi connectivity index (χ0) is 23.4. The first-order chi connectivity index (χ1) is 15.9. The van der Waals surface area contributed by atoms with E-state index in [1.807, 2.05) is 0 Å². The molecule has 0 aliphatic carbocycles. The summed E-state index contributed by atoms with van der Waals surface area (Å²) in [5.74, 6) is -0.853. The van der Waals surface area contributed by atoms with Gasteiger partial charge in [0.05, 0.1) is 17.6 Å². The molecule has 9 heteroatoms. The standard InChI is InChI=1S/C24H21FN4O3S/c1-29-14-19(23(32)28-11-15-5-7-16(25)8-6-15)22(31)18-10-17(33-24(18)29)12-26-13-21(30)20-4-2-3-9-27-20/h2-10,12,14,21,30H,11,13H2,1H3,(H,28,32)/t21-/m1/s1. The summed E-state index contributed by atoms with van der Waals surface area (Å²) in [5, 5.41) is 13.3. The molecule has 4 aromatic rings. The predicted octanol–water partition coefficient (Wildman–Crippen LogP) is 3.22. The number of thiophene rings is 1. The van der Waals surface area contributed by atoms with Crippen LogP contribution < -0.4 is 10.7 Å². The monoisotopic (exact) mass is 464 g/mol. The zero-order valence-corrected chi connectivity index (χ0v) is 18.6. The van der Waals surface area contributed by atoms with E-state index in [1.165, 1.54) is 29.7 Å². The summed E-state index contributed by atoms with van der Waals surface area (Å²) in [4.78, 5) is 35.4. The quantitative estimate of drug-likeness (QED) is 0.411. The molecule has 0 unspecified atom stereocenters. The summed E-state index contributed by atoms with van der Waals surface area (Å²) in [5.41, 5.74) is 0.920. The van der Waals surface area contributed by atoms with Crippen LogP contribution in [-0.4, -0.2) is 33.3 Å². The van der Waals surface area contributed by atoms with Gasteiger partial charge in [-0.3, -0.25) is 19.6 Å². The topological polar surface area (TPSA) is 96.6 Å². The number of carbonyl (C=O) groups excluding carboxylic acids is 1. The fourth-order valence-electron chi connectivity index (χ4n) is 3.30. The number of pyridine rings is 2. The lowest BCUT2D eigenvalue weighted by Crippen LogP contribution is -2.29. The minimum Gasteiger partial charge on any atom is -0.385 e. The van der Waals surface area contributed by atoms with Gasteiger partial charge in [0.25, 0.3) is 5.91 Å². The van der Waals surface area contributed by atoms with E-state index in [1.54, 1.807) is 60.4 Å². The third-order valence-electron chi connectivity index (χ3n) is 5.00. The van der Waals surface area contributed by atoms with Gasteiger partial charge in [-0.05, 0) is 35.9 Å². The number of nitrogens with one attached hydrogen (secondary N) is 1. The maximum atomic E-state index is 13.0. The van der Waals surface area contributed by atoms with E-state index in [9.17, 15) is 19.1 Å². The Bertz CT molecular complexity index is 1360. The number of aliphatic imine (C=N–C) groups is 1. The number of aliphatic hydroxyl groups is 1. The van der Waals surface area contributed by atoms with Crippen molar-refractivity contribution in [3.63, 3.8) is 0 Å². The molecule has 0 radical (unpaired) electrons. The van der Waals surface area contributed by atoms with Gasteiger partial charge in [-0.1, -0.05) is 18.2 Å². The van der Waals surface area contributed by atoms with E-state index in [2.05, 4.69) is 15.3 Å². The molecule has 0 saturated heterocycles. The van der Waals surface area contributed by atoms with Crippen molar-refractivity contribution in [1.29, 1.82) is 0 Å². The van der Waals surface area contributed by atoms with Crippen LogP contribution in [0, 0.1) is 5.82 Å². The lowest BCUT2D eigenvalue weighted by molar-refractivity contribution is 0.0949. The number of halogens is 1. The number of rotatable bonds is 7. The van der Waals surface area contributed by atoms with Crippen LogP contribution in [0.15, 0.2) is 70.7 Å². The molecule has 2 N–H and O–H groups in total. The van der Waals surface area contributed by atoms with E-state index in [4.69, 9.17) is 0 Å². The van der Waals surface area contributed by atoms with Crippen LogP contribution in [0.4, 0.5) is 4.39 Å². The number of carbonyl (C=O) groups is 1. The van der Waals surface area contributed by atoms with E-state index in [-0.39, 0.29) is 29.9 Å². The van der Waals surface area contributed by atoms with Gasteiger partial charge in [-0.25, -0.2) is 4.39 Å². The Labute approximate surface area is 192 Å². The Balaban J connectivity index is 1.50. The second kappa shape index (κ2) is 9.85. The summed E-state index contributed by atoms with van der Waals surface area (Å²) >= 11 is 1.37. The molecule has 1 aromatic carbocycles. The van der Waals surface area contributed by atoms with Crippen LogP contribution in [0.5, 0.6) is 0 Å². The maximum Gasteiger partial charge on any atom is 0.257 e. The molecule has 0 spiro atoms. The molecule has 3 heterocycles. The minimum absolute atomic E-state index is 0.0268. The van der Waals surface area contributed by atoms with Crippen molar-refractivity contribution in [3.8, 4) is 0 Å². The molecule has 1 amide bonds. The van der Waals surface area contributed by atoms with E-state index >= 15 is 0 Å². The molecular weight excluding hydrogens is 443 g/mol. The number of aromatic nitrogens is 2. The number of benzene rings is 1. The molecular formula is C24H21FN4O3S. The van der Waals surface area contributed by atoms with Crippen LogP contribution in [0.3, 0.4) is 0 Å². The van der Waals surface area contributed by atoms with Crippen LogP contribution in [0.2, 0.25) is 0 Å². The lowest BCUT2D eigenvalue weighted by Gasteiger charge is -2.07. The second-order valence-electron chi connectivity index (χ2n) is 7.42. The lowest BCUT2D eigenvalue weighted by atomic mass is 10.2. The van der Waals surface area contributed by atoms with E-state index in [0.717, 1.165) is 10.4 Å². The van der Waals surface area contributed by atoms with Gasteiger partial charge in [0.1, 0.15) is 22.3 Å². The average Bonchev–Trinajstić information content (AvgIpc) is 3.26. The Kier molecular flexibility index (Phi) is 6.71. The van der Waals surface area contributed by atoms with Crippen molar-refractivity contribution in [2.24, 2.45) is 12.0 Å². The Hall–Kier alpha value is -3.69. The first-order valence-electron chi connectivity index (χ1n) is 10.2. The van der Waals surface area contributed by atoms with Crippen molar-refractivity contribution >= 4 is 33.7 Å². The molecule has 4 rings (SSSR count). The van der Waals surface area contributed by atoms with Crippen molar-refractivity contribution in [3.05, 3.63) is 98.7 Å². The molecule has 0 bridgehead atoms. The van der Waals surface area contributed by atoms with Crippen molar-refractivity contribution in [2.45, 2.75) is 12.6 Å². The molecule has 168 valence electrons. The highest BCUT2D eigenvalue weighted by atomic mass is 32.1. The number of amides is 1. The van der Waals surface area contributed by atoms with Crippen molar-refractivity contribution in [2.75, 3.05) is 6.54 Å². The first kappa shape index (κ1) is 22.5. The number of fused-ring (bicyclic) bond motifs is 1. The third kappa shape index (κ3) is 5.21. The Morgan fingerprint density at radius 1 is 1.30 bits per heavy atom. The van der Waals surface area contributed by atoms with Gasteiger partial charge in [0.15, 0.2) is 0 Å². The summed E-state index contributed by atoms with van der Waals surface area (Å²) in [6.07, 6.45) is 3.90. The summed E-state index contributed by atoms with van der Waals surface area (Å²) in [7, 11) is 1.76. The number of hydrogen-bond donors (Lipinski definition) is 2. The van der Waals surface area contributed by atoms with E-state index < -0.39 is 12.0 Å². The Morgan fingerprint density at radius 2 is 2.09 bits per heavy atom. The average molecular weight is 465 g/mol. The molecule has 0 saturated carbocycles. The maximum absolute atomic E-state index is 13.0. The summed E-state index contributed by atoms with van der Waals surface area (Å²) in [6, 6.07) is 12.8. The molecule has 0 fully saturated rings. The van der Waals surface area contributed by atoms with Crippen molar-refractivity contribution in [1.82, 2.24) is 14.9 Å². The molecule has 1 atom stereocenters. The fraction of sp³-hybridized carbons (Fsp3) is 0.167. The van der Waals surface area contributed by atoms with Crippen LogP contribution in [-0.2, 0) is 13.6 Å². The normalized spacial score (nSPS) is 12.3. The molecule has 3 aromatic heterocycles. The van der Waals surface area contributed by atoms with Crippen molar-refractivity contribution < 1.29 is 14.3 Å². The minimum atomic E-state index is -0.820. The van der Waals surface area contributed by atoms with Gasteiger partial charge in [0.2, 0.25) is 5.43 Å². The highest BCUT2D eigenvalue weighted by molar-refractivity contribution is 7.20. The molecule has 0 aliphatic heterocycles. The molecule has 7 nitrogen and oxygen atoms in total. The Morgan fingerprint density at radius 3 is 2.82 bits per heavy atom. The summed E-state index contributed by atoms with van der Waals surface area (Å²) in [6.45, 7) is 0.319. The smallest absolute Gasteiger partial charge is 0.257 e. The van der Waals surface area contributed by atoms with Gasteiger partial charge in [0, 0.05) is 37.1 Å². The third-order valence-corrected chi connectivity index (χ3v) is 6.16. The number of aliphatic hydroxyl groups excluding tert-OH is 1. The highest BCUT2D eigenvalue weighted by Gasteiger charge is 2.16. The van der Waals surface area contributed by atoms with Gasteiger partial charge >= 0.3 is 0 Å². The van der Waals surface area contributed by atoms with Gasteiger partial charge < -0.3 is 15.0 Å². The van der Waals surface area contributed by atoms with Gasteiger partial charge in [-0.15, -0.1) is 11.3 Å². The highest BCUT2D eigenvalue weighted by Crippen LogP contribution is 2.22. The first-order valence-corrected chi connectivity index (χ1v) is 11.0. The largest absolute Gasteiger partial charge is 0.385 e. The van der Waals surface area contributed by atoms with Gasteiger partial charge in [-0.2, -0.15) is 0 Å². The van der Waals surface area contributed by atoms with Crippen LogP contribution in [0.1, 0.15) is 32.6 Å². The molecule has 0 aliphatic rings. The fourth-order valence-corrected chi connectivity index (χ4v) is 4.28. The van der Waals surface area contributed by atoms with Crippen LogP contribution >= 0.6 is 11.3 Å². The van der Waals surface area contributed by atoms with E-state index in [0.29, 0.717) is 15.9 Å². The number of hydrogen-bond acceptors (Lipinski definition) is 6. The second-order valence-corrected chi connectivity index (χ2v) is 8.49.